The number of halogens is 6. The zero-order valence-corrected chi connectivity index (χ0v) is 24.1. The maximum absolute atomic E-state index is 12.1. The van der Waals surface area contributed by atoms with Gasteiger partial charge in [-0.1, -0.05) is 170 Å². The minimum atomic E-state index is -3.98. The molecule has 0 radical (unpaired) electrons. The molecule has 0 nitrogen and oxygen atoms in total. The van der Waals surface area contributed by atoms with Gasteiger partial charge in [0.15, 0.2) is 3.79 Å². The van der Waals surface area contributed by atoms with Crippen molar-refractivity contribution in [2.75, 3.05) is 0 Å². The molecule has 0 amide bonds. The van der Waals surface area contributed by atoms with Crippen molar-refractivity contribution < 1.29 is 13.2 Å². The molecule has 0 rings (SSSR count). The second-order valence-corrected chi connectivity index (χ2v) is 12.6. The molecule has 0 aliphatic rings. The molecule has 0 heterocycles. The van der Waals surface area contributed by atoms with Crippen molar-refractivity contribution in [1.82, 2.24) is 0 Å². The van der Waals surface area contributed by atoms with E-state index in [-0.39, 0.29) is 12.3 Å². The van der Waals surface area contributed by atoms with E-state index < -0.39 is 16.4 Å². The number of hydrogen-bond acceptors (Lipinski definition) is 0. The van der Waals surface area contributed by atoms with Gasteiger partial charge in [-0.2, -0.15) is 13.2 Å². The predicted octanol–water partition coefficient (Wildman–Crippen LogP) is 12.9. The van der Waals surface area contributed by atoms with E-state index in [1.54, 1.807) is 0 Å². The van der Waals surface area contributed by atoms with Crippen LogP contribution in [0.1, 0.15) is 161 Å². The monoisotopic (exact) mass is 550 g/mol. The Kier molecular flexibility index (Phi) is 23.3. The summed E-state index contributed by atoms with van der Waals surface area (Å²) in [5, 5.41) is 0. The zero-order valence-electron chi connectivity index (χ0n) is 21.8. The molecule has 0 aliphatic carbocycles. The van der Waals surface area contributed by atoms with Crippen LogP contribution in [0.4, 0.5) is 13.2 Å². The van der Waals surface area contributed by atoms with E-state index in [1.807, 2.05) is 0 Å². The van der Waals surface area contributed by atoms with Crippen LogP contribution in [0.3, 0.4) is 0 Å². The van der Waals surface area contributed by atoms with E-state index in [9.17, 15) is 13.2 Å². The highest BCUT2D eigenvalue weighted by Gasteiger charge is 2.31. The van der Waals surface area contributed by atoms with Gasteiger partial charge < -0.3 is 0 Å². The van der Waals surface area contributed by atoms with Crippen LogP contribution in [0.2, 0.25) is 0 Å². The second-order valence-electron chi connectivity index (χ2n) is 10.3. The van der Waals surface area contributed by atoms with E-state index in [1.165, 1.54) is 103 Å². The summed E-state index contributed by atoms with van der Waals surface area (Å²) in [7, 11) is 0. The van der Waals surface area contributed by atoms with E-state index in [0.29, 0.717) is 6.42 Å². The molecule has 1 atom stereocenters. The van der Waals surface area contributed by atoms with Gasteiger partial charge >= 0.3 is 6.18 Å². The Labute approximate surface area is 224 Å². The largest absolute Gasteiger partial charge is 0.389 e. The number of rotatable bonds is 24. The SMILES string of the molecule is CCCCCCCCC(CCCCCCCCCCCCCCCCCC(F)(F)F)C(Cl)(Cl)Cl. The van der Waals surface area contributed by atoms with Crippen molar-refractivity contribution in [3.05, 3.63) is 0 Å². The maximum atomic E-state index is 12.1. The number of alkyl halides is 6. The van der Waals surface area contributed by atoms with Gasteiger partial charge in [-0.05, 0) is 19.3 Å². The fourth-order valence-corrected chi connectivity index (χ4v) is 5.31. The fraction of sp³-hybridized carbons (Fsp3) is 1.00. The average molecular weight is 552 g/mol. The van der Waals surface area contributed by atoms with Gasteiger partial charge in [0.1, 0.15) is 0 Å². The van der Waals surface area contributed by atoms with Crippen LogP contribution < -0.4 is 0 Å². The second kappa shape index (κ2) is 22.8. The third-order valence-corrected chi connectivity index (χ3v) is 7.81. The molecule has 0 aromatic carbocycles. The first-order valence-electron chi connectivity index (χ1n) is 14.3. The molecule has 0 spiro atoms. The molecule has 0 bridgehead atoms. The number of hydrogen-bond donors (Lipinski definition) is 0. The Balaban J connectivity index is 3.45. The summed E-state index contributed by atoms with van der Waals surface area (Å²) >= 11 is 18.7. The van der Waals surface area contributed by atoms with Crippen molar-refractivity contribution in [1.29, 1.82) is 0 Å². The lowest BCUT2D eigenvalue weighted by Crippen LogP contribution is -2.19. The summed E-state index contributed by atoms with van der Waals surface area (Å²) in [4.78, 5) is 0. The van der Waals surface area contributed by atoms with Gasteiger partial charge in [-0.15, -0.1) is 0 Å². The van der Waals surface area contributed by atoms with Gasteiger partial charge in [0, 0.05) is 12.3 Å². The first-order chi connectivity index (χ1) is 16.2. The van der Waals surface area contributed by atoms with E-state index in [2.05, 4.69) is 6.92 Å². The summed E-state index contributed by atoms with van der Waals surface area (Å²) < 4.78 is 35.1. The smallest absolute Gasteiger partial charge is 0.171 e. The highest BCUT2D eigenvalue weighted by molar-refractivity contribution is 6.67. The molecule has 0 aromatic rings. The fourth-order valence-electron chi connectivity index (χ4n) is 4.66. The highest BCUT2D eigenvalue weighted by Crippen LogP contribution is 2.41. The molecule has 1 unspecified atom stereocenters. The van der Waals surface area contributed by atoms with Gasteiger partial charge in [0.25, 0.3) is 0 Å². The van der Waals surface area contributed by atoms with Crippen molar-refractivity contribution in [2.45, 2.75) is 171 Å². The Morgan fingerprint density at radius 3 is 1.06 bits per heavy atom. The molecule has 0 aromatic heterocycles. The molecule has 6 heteroatoms. The Hall–Kier alpha value is 0.660. The Morgan fingerprint density at radius 1 is 0.471 bits per heavy atom. The third-order valence-electron chi connectivity index (χ3n) is 6.88. The van der Waals surface area contributed by atoms with Crippen molar-refractivity contribution in [2.24, 2.45) is 5.92 Å². The summed E-state index contributed by atoms with van der Waals surface area (Å²) in [6.07, 6.45) is 22.0. The van der Waals surface area contributed by atoms with Crippen molar-refractivity contribution in [3.63, 3.8) is 0 Å². The molecule has 206 valence electrons. The summed E-state index contributed by atoms with van der Waals surface area (Å²) in [6, 6.07) is 0. The van der Waals surface area contributed by atoms with E-state index in [0.717, 1.165) is 32.1 Å². The van der Waals surface area contributed by atoms with Crippen LogP contribution in [0.25, 0.3) is 0 Å². The lowest BCUT2D eigenvalue weighted by molar-refractivity contribution is -0.135. The standard InChI is InChI=1S/C28H52Cl3F3/c1-2-3-4-5-17-20-23-26(28(29,30)31)24-21-18-15-13-11-9-7-6-8-10-12-14-16-19-22-25-27(32,33)34/h26H,2-25H2,1H3. The third kappa shape index (κ3) is 25.7. The van der Waals surface area contributed by atoms with Gasteiger partial charge in [-0.3, -0.25) is 0 Å². The Bertz CT molecular complexity index is 422. The zero-order chi connectivity index (χ0) is 25.5. The van der Waals surface area contributed by atoms with Crippen LogP contribution in [-0.2, 0) is 0 Å². The molecule has 34 heavy (non-hydrogen) atoms. The molecule has 0 aliphatic heterocycles. The lowest BCUT2D eigenvalue weighted by Gasteiger charge is -2.24. The van der Waals surface area contributed by atoms with E-state index >= 15 is 0 Å². The van der Waals surface area contributed by atoms with Crippen molar-refractivity contribution in [3.8, 4) is 0 Å². The van der Waals surface area contributed by atoms with Gasteiger partial charge in [-0.25, -0.2) is 0 Å². The predicted molar refractivity (Wildman–Crippen MR) is 146 cm³/mol. The van der Waals surface area contributed by atoms with Crippen LogP contribution in [0.15, 0.2) is 0 Å². The molecular formula is C28H52Cl3F3. The topological polar surface area (TPSA) is 0 Å². The van der Waals surface area contributed by atoms with Gasteiger partial charge in [0.05, 0.1) is 0 Å². The minimum absolute atomic E-state index is 0.184. The summed E-state index contributed by atoms with van der Waals surface area (Å²) in [5.41, 5.74) is 0. The maximum Gasteiger partial charge on any atom is 0.389 e. The summed E-state index contributed by atoms with van der Waals surface area (Å²) in [6.45, 7) is 2.24. The van der Waals surface area contributed by atoms with Crippen LogP contribution in [-0.4, -0.2) is 9.97 Å². The molecule has 0 fully saturated rings. The average Bonchev–Trinajstić information content (AvgIpc) is 2.75. The van der Waals surface area contributed by atoms with Crippen LogP contribution >= 0.6 is 34.8 Å². The van der Waals surface area contributed by atoms with Crippen LogP contribution in [0.5, 0.6) is 0 Å². The highest BCUT2D eigenvalue weighted by atomic mass is 35.6. The van der Waals surface area contributed by atoms with Crippen LogP contribution in [0, 0.1) is 5.92 Å². The van der Waals surface area contributed by atoms with Crippen molar-refractivity contribution >= 4 is 34.8 Å². The molecule has 0 N–H and O–H groups in total. The lowest BCUT2D eigenvalue weighted by atomic mass is 9.95. The normalized spacial score (nSPS) is 13.5. The van der Waals surface area contributed by atoms with Gasteiger partial charge in [0.2, 0.25) is 0 Å². The van der Waals surface area contributed by atoms with E-state index in [4.69, 9.17) is 34.8 Å². The first kappa shape index (κ1) is 34.7. The first-order valence-corrected chi connectivity index (χ1v) is 15.4. The quantitative estimate of drug-likeness (QED) is 0.0826. The Morgan fingerprint density at radius 2 is 0.765 bits per heavy atom. The summed E-state index contributed by atoms with van der Waals surface area (Å²) in [5.74, 6) is 0.184. The molecule has 0 saturated carbocycles. The molecular weight excluding hydrogens is 500 g/mol. The molecule has 0 saturated heterocycles. The number of unbranched alkanes of at least 4 members (excludes halogenated alkanes) is 19. The minimum Gasteiger partial charge on any atom is -0.171 e.